The van der Waals surface area contributed by atoms with E-state index in [2.05, 4.69) is 16.5 Å². The van der Waals surface area contributed by atoms with Gasteiger partial charge in [-0.25, -0.2) is 4.52 Å². The molecule has 0 spiro atoms. The summed E-state index contributed by atoms with van der Waals surface area (Å²) in [5.41, 5.74) is 3.16. The van der Waals surface area contributed by atoms with Crippen LogP contribution in [-0.4, -0.2) is 46.8 Å². The van der Waals surface area contributed by atoms with Crippen LogP contribution in [0.4, 0.5) is 5.69 Å². The Balaban J connectivity index is 0.000000523. The van der Waals surface area contributed by atoms with E-state index in [9.17, 15) is 9.59 Å². The van der Waals surface area contributed by atoms with E-state index >= 15 is 0 Å². The molecule has 1 saturated heterocycles. The molecule has 8 heteroatoms. The smallest absolute Gasteiger partial charge is 0.255 e. The summed E-state index contributed by atoms with van der Waals surface area (Å²) in [6.07, 6.45) is 5.99. The van der Waals surface area contributed by atoms with E-state index in [0.29, 0.717) is 36.6 Å². The normalized spacial score (nSPS) is 12.9. The van der Waals surface area contributed by atoms with Crippen molar-refractivity contribution < 1.29 is 14.3 Å². The summed E-state index contributed by atoms with van der Waals surface area (Å²) < 4.78 is 7.71. The largest absolute Gasteiger partial charge is 0.455 e. The van der Waals surface area contributed by atoms with Crippen molar-refractivity contribution >= 4 is 23.4 Å². The van der Waals surface area contributed by atoms with Gasteiger partial charge in [-0.15, -0.1) is 0 Å². The molecule has 1 aliphatic rings. The molecule has 166 valence electrons. The molecule has 1 aromatic carbocycles. The topological polar surface area (TPSA) is 99.7 Å². The first-order valence-corrected chi connectivity index (χ1v) is 10.6. The van der Waals surface area contributed by atoms with Gasteiger partial charge >= 0.3 is 0 Å². The van der Waals surface area contributed by atoms with Gasteiger partial charge in [0.1, 0.15) is 17.6 Å². The zero-order chi connectivity index (χ0) is 23.1. The lowest BCUT2D eigenvalue weighted by molar-refractivity contribution is -0.107. The number of nitrogens with one attached hydrogen (secondary N) is 1. The summed E-state index contributed by atoms with van der Waals surface area (Å²) in [6.45, 7) is 4.84. The number of hydrogen-bond acceptors (Lipinski definition) is 6. The van der Waals surface area contributed by atoms with E-state index in [1.807, 2.05) is 45.2 Å². The third-order valence-corrected chi connectivity index (χ3v) is 5.25. The molecule has 1 amide bonds. The molecule has 2 aromatic heterocycles. The number of benzene rings is 1. The van der Waals surface area contributed by atoms with Gasteiger partial charge in [-0.2, -0.15) is 10.4 Å². The number of rotatable bonds is 6. The highest BCUT2D eigenvalue weighted by Gasteiger charge is 2.32. The summed E-state index contributed by atoms with van der Waals surface area (Å²) in [7, 11) is 1.86. The van der Waals surface area contributed by atoms with Crippen LogP contribution in [0.3, 0.4) is 0 Å². The van der Waals surface area contributed by atoms with Gasteiger partial charge in [-0.1, -0.05) is 6.92 Å². The minimum absolute atomic E-state index is 0.0658. The number of carbonyl (C=O) groups is 2. The Hall–Kier alpha value is -3.86. The quantitative estimate of drug-likeness (QED) is 0.589. The predicted octanol–water partition coefficient (Wildman–Crippen LogP) is 4.06. The summed E-state index contributed by atoms with van der Waals surface area (Å²) >= 11 is 0. The van der Waals surface area contributed by atoms with Gasteiger partial charge < -0.3 is 19.7 Å². The molecule has 3 aromatic rings. The third-order valence-electron chi connectivity index (χ3n) is 5.25. The number of nitrogens with zero attached hydrogens (tertiary/aromatic N) is 4. The van der Waals surface area contributed by atoms with E-state index in [1.165, 1.54) is 0 Å². The van der Waals surface area contributed by atoms with Crippen molar-refractivity contribution in [2.45, 2.75) is 26.7 Å². The molecule has 0 aliphatic carbocycles. The fraction of sp³-hybridized carbons (Fsp3) is 0.333. The lowest BCUT2D eigenvalue weighted by Crippen LogP contribution is -2.49. The molecule has 1 fully saturated rings. The number of fused-ring (bicyclic) bond motifs is 1. The second kappa shape index (κ2) is 10.4. The molecule has 32 heavy (non-hydrogen) atoms. The molecule has 1 N–H and O–H groups in total. The van der Waals surface area contributed by atoms with Crippen LogP contribution < -0.4 is 10.1 Å². The number of likely N-dealkylation sites (tertiary alicyclic amines) is 1. The number of unbranched alkanes of at least 4 members (excludes halogenated alkanes) is 1. The monoisotopic (exact) mass is 433 g/mol. The average Bonchev–Trinajstić information content (AvgIpc) is 3.12. The highest BCUT2D eigenvalue weighted by Crippen LogP contribution is 2.31. The van der Waals surface area contributed by atoms with Crippen LogP contribution in [0.15, 0.2) is 42.7 Å². The van der Waals surface area contributed by atoms with E-state index < -0.39 is 0 Å². The summed E-state index contributed by atoms with van der Waals surface area (Å²) in [5.74, 6) is 1.20. The summed E-state index contributed by atoms with van der Waals surface area (Å²) in [6, 6.07) is 11.6. The van der Waals surface area contributed by atoms with Crippen LogP contribution in [0.25, 0.3) is 5.52 Å². The SMILES string of the molecule is CCCC=O.CNc1ccc(Oc2ccnn3cc(C(=O)N4CC(C#N)C4)c(C)c23)cc1. The first-order chi connectivity index (χ1) is 15.5. The molecule has 4 rings (SSSR count). The van der Waals surface area contributed by atoms with Crippen LogP contribution in [0.2, 0.25) is 0 Å². The highest BCUT2D eigenvalue weighted by atomic mass is 16.5. The van der Waals surface area contributed by atoms with E-state index in [1.54, 1.807) is 27.9 Å². The van der Waals surface area contributed by atoms with Gasteiger partial charge in [0.05, 0.1) is 23.7 Å². The number of anilines is 1. The Labute approximate surface area is 187 Å². The Morgan fingerprint density at radius 2 is 2.03 bits per heavy atom. The molecule has 0 saturated carbocycles. The predicted molar refractivity (Wildman–Crippen MR) is 122 cm³/mol. The first-order valence-electron chi connectivity index (χ1n) is 10.6. The van der Waals surface area contributed by atoms with E-state index in [4.69, 9.17) is 10.00 Å². The fourth-order valence-corrected chi connectivity index (χ4v) is 3.35. The van der Waals surface area contributed by atoms with Crippen molar-refractivity contribution in [1.82, 2.24) is 14.5 Å². The summed E-state index contributed by atoms with van der Waals surface area (Å²) in [4.78, 5) is 23.8. The standard InChI is InChI=1S/C20H19N5O2.C4H8O/c1-13-17(20(26)24-10-14(9-21)11-24)12-25-19(13)18(7-8-23-25)27-16-5-3-15(22-2)4-6-16;1-2-3-4-5/h3-8,12,14,22H,10-11H2,1-2H3;4H,2-3H2,1H3. The van der Waals surface area contributed by atoms with Crippen molar-refractivity contribution in [3.05, 3.63) is 53.9 Å². The number of carbonyl (C=O) groups excluding carboxylic acids is 2. The van der Waals surface area contributed by atoms with Crippen LogP contribution >= 0.6 is 0 Å². The zero-order valence-electron chi connectivity index (χ0n) is 18.5. The van der Waals surface area contributed by atoms with Crippen molar-refractivity contribution in [2.24, 2.45) is 5.92 Å². The molecule has 0 radical (unpaired) electrons. The maximum absolute atomic E-state index is 12.7. The van der Waals surface area contributed by atoms with E-state index in [-0.39, 0.29) is 11.8 Å². The molecule has 0 bridgehead atoms. The van der Waals surface area contributed by atoms with Crippen molar-refractivity contribution in [3.8, 4) is 17.6 Å². The first kappa shape index (κ1) is 22.8. The lowest BCUT2D eigenvalue weighted by Gasteiger charge is -2.35. The molecule has 0 atom stereocenters. The average molecular weight is 434 g/mol. The summed E-state index contributed by atoms with van der Waals surface area (Å²) in [5, 5.41) is 16.3. The number of amides is 1. The molecular weight excluding hydrogens is 406 g/mol. The Kier molecular flexibility index (Phi) is 7.45. The minimum atomic E-state index is -0.0752. The van der Waals surface area contributed by atoms with Gasteiger partial charge in [0.2, 0.25) is 0 Å². The van der Waals surface area contributed by atoms with Gasteiger partial charge in [-0.05, 0) is 43.2 Å². The third kappa shape index (κ3) is 4.89. The number of nitriles is 1. The highest BCUT2D eigenvalue weighted by molar-refractivity contribution is 5.98. The van der Waals surface area contributed by atoms with Gasteiger partial charge in [0.25, 0.3) is 5.91 Å². The van der Waals surface area contributed by atoms with Gasteiger partial charge in [-0.3, -0.25) is 4.79 Å². The molecular formula is C24H27N5O3. The molecule has 8 nitrogen and oxygen atoms in total. The minimum Gasteiger partial charge on any atom is -0.455 e. The lowest BCUT2D eigenvalue weighted by atomic mass is 10.0. The van der Waals surface area contributed by atoms with Gasteiger partial charge in [0.15, 0.2) is 5.75 Å². The molecule has 0 unspecified atom stereocenters. The van der Waals surface area contributed by atoms with Crippen LogP contribution in [-0.2, 0) is 4.79 Å². The van der Waals surface area contributed by atoms with Crippen molar-refractivity contribution in [2.75, 3.05) is 25.5 Å². The molecule has 3 heterocycles. The van der Waals surface area contributed by atoms with Crippen molar-refractivity contribution in [1.29, 1.82) is 5.26 Å². The maximum atomic E-state index is 12.7. The van der Waals surface area contributed by atoms with Crippen LogP contribution in [0.1, 0.15) is 35.7 Å². The zero-order valence-corrected chi connectivity index (χ0v) is 18.5. The van der Waals surface area contributed by atoms with Crippen LogP contribution in [0.5, 0.6) is 11.5 Å². The Bertz CT molecular complexity index is 1120. The second-order valence-electron chi connectivity index (χ2n) is 7.52. The second-order valence-corrected chi connectivity index (χ2v) is 7.52. The number of ether oxygens (including phenoxy) is 1. The number of hydrogen-bond donors (Lipinski definition) is 1. The van der Waals surface area contributed by atoms with Gasteiger partial charge in [0, 0.05) is 44.5 Å². The Morgan fingerprint density at radius 3 is 2.59 bits per heavy atom. The number of aromatic nitrogens is 2. The Morgan fingerprint density at radius 1 is 1.31 bits per heavy atom. The maximum Gasteiger partial charge on any atom is 0.255 e. The van der Waals surface area contributed by atoms with Crippen molar-refractivity contribution in [3.63, 3.8) is 0 Å². The fourth-order valence-electron chi connectivity index (χ4n) is 3.35. The number of aldehydes is 1. The molecule has 1 aliphatic heterocycles. The number of aryl methyl sites for hydroxylation is 1. The van der Waals surface area contributed by atoms with E-state index in [0.717, 1.165) is 29.5 Å². The van der Waals surface area contributed by atoms with Crippen LogP contribution in [0, 0.1) is 24.2 Å².